The average molecular weight is 323 g/mol. The van der Waals surface area contributed by atoms with E-state index in [1.165, 1.54) is 55.6 Å². The standard InChI is InChI=1S/C22H32B.CH4/c1-11-13(3)17(7)21(18(8)14(11)4)23-22-19(9)15(5)12(2)16(6)20(22)10;/h23H2,1-10H3;1H4/q-1;. The molecule has 0 fully saturated rings. The maximum Gasteiger partial charge on any atom is 0.0259 e. The molecule has 2 rings (SSSR count). The quantitative estimate of drug-likeness (QED) is 0.713. The van der Waals surface area contributed by atoms with Crippen LogP contribution in [0.15, 0.2) is 0 Å². The Bertz CT molecular complexity index is 669. The number of hydrogen-bond acceptors (Lipinski definition) is 0. The highest BCUT2D eigenvalue weighted by molar-refractivity contribution is 6.69. The smallest absolute Gasteiger partial charge is 0.0259 e. The summed E-state index contributed by atoms with van der Waals surface area (Å²) in [4.78, 5) is 0. The van der Waals surface area contributed by atoms with E-state index in [4.69, 9.17) is 0 Å². The summed E-state index contributed by atoms with van der Waals surface area (Å²) >= 11 is 0. The lowest BCUT2D eigenvalue weighted by Crippen LogP contribution is -2.36. The normalized spacial score (nSPS) is 10.8. The van der Waals surface area contributed by atoms with Crippen LogP contribution in [-0.2, 0) is 0 Å². The summed E-state index contributed by atoms with van der Waals surface area (Å²) in [6, 6.07) is 0. The minimum Gasteiger partial charge on any atom is -0.206 e. The molecule has 0 spiro atoms. The van der Waals surface area contributed by atoms with E-state index in [1.54, 1.807) is 10.9 Å². The van der Waals surface area contributed by atoms with Crippen molar-refractivity contribution in [1.82, 2.24) is 0 Å². The van der Waals surface area contributed by atoms with Crippen molar-refractivity contribution in [2.75, 3.05) is 0 Å². The van der Waals surface area contributed by atoms with Gasteiger partial charge in [-0.05, 0) is 103 Å². The van der Waals surface area contributed by atoms with Gasteiger partial charge in [0.1, 0.15) is 0 Å². The fourth-order valence-electron chi connectivity index (χ4n) is 4.38. The Morgan fingerprint density at radius 1 is 0.333 bits per heavy atom. The molecule has 24 heavy (non-hydrogen) atoms. The van der Waals surface area contributed by atoms with Crippen molar-refractivity contribution in [2.45, 2.75) is 76.7 Å². The first-order valence-electron chi connectivity index (χ1n) is 9.00. The van der Waals surface area contributed by atoms with Crippen molar-refractivity contribution in [2.24, 2.45) is 0 Å². The molecule has 132 valence electrons. The summed E-state index contributed by atoms with van der Waals surface area (Å²) < 4.78 is 0. The number of rotatable bonds is 2. The van der Waals surface area contributed by atoms with E-state index in [1.807, 2.05) is 0 Å². The minimum absolute atomic E-state index is 0. The topological polar surface area (TPSA) is 0 Å². The zero-order valence-corrected chi connectivity index (χ0v) is 17.0. The highest BCUT2D eigenvalue weighted by Crippen LogP contribution is 2.21. The van der Waals surface area contributed by atoms with E-state index < -0.39 is 0 Å². The van der Waals surface area contributed by atoms with E-state index >= 15 is 0 Å². The Labute approximate surface area is 150 Å². The van der Waals surface area contributed by atoms with Crippen LogP contribution in [0.25, 0.3) is 0 Å². The molecule has 2 aromatic carbocycles. The molecule has 0 saturated heterocycles. The summed E-state index contributed by atoms with van der Waals surface area (Å²) in [6.07, 6.45) is 0. The first kappa shape index (κ1) is 20.5. The lowest BCUT2D eigenvalue weighted by atomic mass is 9.56. The number of hydrogen-bond donors (Lipinski definition) is 0. The van der Waals surface area contributed by atoms with Gasteiger partial charge in [0.2, 0.25) is 0 Å². The minimum atomic E-state index is -0.315. The first-order chi connectivity index (χ1) is 10.6. The largest absolute Gasteiger partial charge is 0.206 e. The summed E-state index contributed by atoms with van der Waals surface area (Å²) in [5.74, 6) is 0. The van der Waals surface area contributed by atoms with Gasteiger partial charge >= 0.3 is 0 Å². The van der Waals surface area contributed by atoms with Crippen LogP contribution < -0.4 is 10.9 Å². The first-order valence-corrected chi connectivity index (χ1v) is 9.00. The molecule has 0 aliphatic heterocycles. The van der Waals surface area contributed by atoms with E-state index in [2.05, 4.69) is 69.2 Å². The Balaban J connectivity index is 0.00000288. The molecule has 0 heterocycles. The fraction of sp³-hybridized carbons (Fsp3) is 0.478. The summed E-state index contributed by atoms with van der Waals surface area (Å²) in [6.45, 7) is 23.0. The van der Waals surface area contributed by atoms with Crippen molar-refractivity contribution in [3.05, 3.63) is 55.6 Å². The van der Waals surface area contributed by atoms with Crippen molar-refractivity contribution in [3.8, 4) is 0 Å². The van der Waals surface area contributed by atoms with Gasteiger partial charge in [-0.1, -0.05) is 29.7 Å². The molecule has 0 saturated carbocycles. The lowest BCUT2D eigenvalue weighted by Gasteiger charge is -2.28. The molecule has 0 radical (unpaired) electrons. The third-order valence-corrected chi connectivity index (χ3v) is 7.25. The molecule has 0 aliphatic carbocycles. The van der Waals surface area contributed by atoms with Gasteiger partial charge in [-0.3, -0.25) is 0 Å². The summed E-state index contributed by atoms with van der Waals surface area (Å²) in [5.41, 5.74) is 18.3. The highest BCUT2D eigenvalue weighted by atomic mass is 14.2. The van der Waals surface area contributed by atoms with Crippen LogP contribution in [0.3, 0.4) is 0 Å². The van der Waals surface area contributed by atoms with Gasteiger partial charge in [0.25, 0.3) is 0 Å². The molecule has 0 N–H and O–H groups in total. The maximum absolute atomic E-state index is 2.33. The Hall–Kier alpha value is -1.50. The van der Waals surface area contributed by atoms with Crippen molar-refractivity contribution >= 4 is 18.2 Å². The summed E-state index contributed by atoms with van der Waals surface area (Å²) in [5, 5.41) is 0. The van der Waals surface area contributed by atoms with Crippen LogP contribution in [0.5, 0.6) is 0 Å². The van der Waals surface area contributed by atoms with Crippen LogP contribution >= 0.6 is 0 Å². The molecule has 0 atom stereocenters. The van der Waals surface area contributed by atoms with Gasteiger partial charge in [0.15, 0.2) is 0 Å². The van der Waals surface area contributed by atoms with Gasteiger partial charge in [-0.25, -0.2) is 10.9 Å². The highest BCUT2D eigenvalue weighted by Gasteiger charge is 2.12. The molecular weight excluding hydrogens is 287 g/mol. The van der Waals surface area contributed by atoms with E-state index in [-0.39, 0.29) is 14.7 Å². The zero-order chi connectivity index (χ0) is 17.6. The predicted octanol–water partition coefficient (Wildman–Crippen LogP) is 4.53. The second kappa shape index (κ2) is 7.17. The van der Waals surface area contributed by atoms with Gasteiger partial charge in [-0.2, -0.15) is 0 Å². The van der Waals surface area contributed by atoms with Gasteiger partial charge in [0, 0.05) is 7.28 Å². The molecule has 0 bridgehead atoms. The molecule has 0 aromatic heterocycles. The van der Waals surface area contributed by atoms with E-state index in [0.717, 1.165) is 0 Å². The Morgan fingerprint density at radius 2 is 0.500 bits per heavy atom. The van der Waals surface area contributed by atoms with Gasteiger partial charge < -0.3 is 0 Å². The zero-order valence-electron chi connectivity index (χ0n) is 17.0. The fourth-order valence-corrected chi connectivity index (χ4v) is 4.38. The molecule has 1 heteroatoms. The maximum atomic E-state index is 2.33. The van der Waals surface area contributed by atoms with Crippen LogP contribution in [0.1, 0.15) is 63.1 Å². The average Bonchev–Trinajstić information content (AvgIpc) is 2.54. The number of benzene rings is 2. The molecule has 0 aliphatic rings. The lowest BCUT2D eigenvalue weighted by molar-refractivity contribution is 1.19. The van der Waals surface area contributed by atoms with Crippen LogP contribution in [0.4, 0.5) is 0 Å². The van der Waals surface area contributed by atoms with E-state index in [9.17, 15) is 0 Å². The van der Waals surface area contributed by atoms with Crippen molar-refractivity contribution in [3.63, 3.8) is 0 Å². The second-order valence-corrected chi connectivity index (χ2v) is 7.75. The van der Waals surface area contributed by atoms with Gasteiger partial charge in [-0.15, -0.1) is 0 Å². The summed E-state index contributed by atoms with van der Waals surface area (Å²) in [7, 11) is -0.315. The second-order valence-electron chi connectivity index (χ2n) is 7.75. The molecule has 0 amide bonds. The SMILES string of the molecule is C.Cc1c(C)c(C)c([BH2-]c2c(C)c(C)c(C)c(C)c2C)c(C)c1C. The molecule has 0 unspecified atom stereocenters. The van der Waals surface area contributed by atoms with Crippen molar-refractivity contribution in [1.29, 1.82) is 0 Å². The van der Waals surface area contributed by atoms with Crippen LogP contribution in [-0.4, -0.2) is 7.28 Å². The van der Waals surface area contributed by atoms with Crippen LogP contribution in [0, 0.1) is 69.2 Å². The van der Waals surface area contributed by atoms with Crippen LogP contribution in [0.2, 0.25) is 0 Å². The Kier molecular flexibility index (Phi) is 6.14. The van der Waals surface area contributed by atoms with Gasteiger partial charge in [0.05, 0.1) is 0 Å². The third kappa shape index (κ3) is 3.06. The monoisotopic (exact) mass is 323 g/mol. The van der Waals surface area contributed by atoms with E-state index in [0.29, 0.717) is 0 Å². The predicted molar refractivity (Wildman–Crippen MR) is 115 cm³/mol. The Morgan fingerprint density at radius 3 is 0.708 bits per heavy atom. The molecular formula is C23H36B-. The third-order valence-electron chi connectivity index (χ3n) is 7.25. The van der Waals surface area contributed by atoms with Crippen molar-refractivity contribution < 1.29 is 0 Å². The molecule has 0 nitrogen and oxygen atoms in total. The molecule has 2 aromatic rings.